The molecule has 7 heteroatoms. The van der Waals surface area contributed by atoms with Gasteiger partial charge in [0.25, 0.3) is 0 Å². The Balaban J connectivity index is 1.78. The first kappa shape index (κ1) is 16.4. The third-order valence-electron chi connectivity index (χ3n) is 3.59. The SMILES string of the molecule is Cc1ccc(S(=O)(=O)N(C)Cc2nc(-c3ccccc3)no2)cc1. The molecule has 1 heterocycles. The summed E-state index contributed by atoms with van der Waals surface area (Å²) in [5, 5.41) is 3.90. The standard InChI is InChI=1S/C17H17N3O3S/c1-13-8-10-15(11-9-13)24(21,22)20(2)12-16-18-17(19-23-16)14-6-4-3-5-7-14/h3-11H,12H2,1-2H3. The Kier molecular flexibility index (Phi) is 4.46. The Bertz CT molecular complexity index is 919. The van der Waals surface area contributed by atoms with E-state index in [1.165, 1.54) is 11.4 Å². The van der Waals surface area contributed by atoms with E-state index in [4.69, 9.17) is 4.52 Å². The van der Waals surface area contributed by atoms with Crippen molar-refractivity contribution in [3.63, 3.8) is 0 Å². The lowest BCUT2D eigenvalue weighted by Gasteiger charge is -2.15. The highest BCUT2D eigenvalue weighted by atomic mass is 32.2. The molecule has 3 rings (SSSR count). The average Bonchev–Trinajstić information content (AvgIpc) is 3.04. The maximum absolute atomic E-state index is 12.6. The van der Waals surface area contributed by atoms with Crippen molar-refractivity contribution in [3.05, 3.63) is 66.1 Å². The molecule has 6 nitrogen and oxygen atoms in total. The second-order valence-corrected chi connectivity index (χ2v) is 7.50. The molecule has 0 unspecified atom stereocenters. The molecule has 0 fully saturated rings. The Morgan fingerprint density at radius 3 is 2.38 bits per heavy atom. The van der Waals surface area contributed by atoms with Crippen LogP contribution in [0, 0.1) is 6.92 Å². The molecule has 2 aromatic carbocycles. The van der Waals surface area contributed by atoms with Gasteiger partial charge in [0.2, 0.25) is 21.7 Å². The van der Waals surface area contributed by atoms with Gasteiger partial charge in [-0.3, -0.25) is 0 Å². The Morgan fingerprint density at radius 2 is 1.71 bits per heavy atom. The van der Waals surface area contributed by atoms with Gasteiger partial charge in [0.05, 0.1) is 11.4 Å². The molecule has 24 heavy (non-hydrogen) atoms. The summed E-state index contributed by atoms with van der Waals surface area (Å²) in [7, 11) is -2.12. The van der Waals surface area contributed by atoms with Crippen LogP contribution in [0.15, 0.2) is 64.0 Å². The van der Waals surface area contributed by atoms with Gasteiger partial charge < -0.3 is 4.52 Å². The summed E-state index contributed by atoms with van der Waals surface area (Å²) >= 11 is 0. The van der Waals surface area contributed by atoms with Crippen molar-refractivity contribution in [2.24, 2.45) is 0 Å². The van der Waals surface area contributed by atoms with Crippen LogP contribution in [0.5, 0.6) is 0 Å². The molecule has 3 aromatic rings. The number of sulfonamides is 1. The third kappa shape index (κ3) is 3.37. The molecule has 124 valence electrons. The molecule has 0 saturated heterocycles. The Hall–Kier alpha value is -2.51. The predicted molar refractivity (Wildman–Crippen MR) is 89.6 cm³/mol. The number of aromatic nitrogens is 2. The average molecular weight is 343 g/mol. The van der Waals surface area contributed by atoms with E-state index in [2.05, 4.69) is 10.1 Å². The number of hydrogen-bond donors (Lipinski definition) is 0. The first-order valence-corrected chi connectivity index (χ1v) is 8.82. The highest BCUT2D eigenvalue weighted by molar-refractivity contribution is 7.89. The van der Waals surface area contributed by atoms with E-state index in [9.17, 15) is 8.42 Å². The second-order valence-electron chi connectivity index (χ2n) is 5.45. The van der Waals surface area contributed by atoms with Gasteiger partial charge in [0.1, 0.15) is 0 Å². The first-order chi connectivity index (χ1) is 11.5. The fourth-order valence-electron chi connectivity index (χ4n) is 2.19. The van der Waals surface area contributed by atoms with E-state index in [1.54, 1.807) is 24.3 Å². The highest BCUT2D eigenvalue weighted by Gasteiger charge is 2.23. The zero-order valence-electron chi connectivity index (χ0n) is 13.4. The van der Waals surface area contributed by atoms with Crippen LogP contribution in [0.25, 0.3) is 11.4 Å². The number of benzene rings is 2. The van der Waals surface area contributed by atoms with E-state index in [-0.39, 0.29) is 17.3 Å². The zero-order valence-corrected chi connectivity index (χ0v) is 14.2. The molecule has 0 spiro atoms. The van der Waals surface area contributed by atoms with Crippen molar-refractivity contribution in [2.75, 3.05) is 7.05 Å². The van der Waals surface area contributed by atoms with Crippen molar-refractivity contribution in [3.8, 4) is 11.4 Å². The van der Waals surface area contributed by atoms with Gasteiger partial charge in [0, 0.05) is 12.6 Å². The number of rotatable bonds is 5. The van der Waals surface area contributed by atoms with E-state index in [0.717, 1.165) is 11.1 Å². The predicted octanol–water partition coefficient (Wildman–Crippen LogP) is 2.87. The van der Waals surface area contributed by atoms with Crippen LogP contribution in [0.1, 0.15) is 11.5 Å². The molecule has 0 aliphatic heterocycles. The molecular weight excluding hydrogens is 326 g/mol. The van der Waals surface area contributed by atoms with Crippen molar-refractivity contribution in [1.29, 1.82) is 0 Å². The summed E-state index contributed by atoms with van der Waals surface area (Å²) in [5.41, 5.74) is 1.82. The molecule has 0 bridgehead atoms. The molecule has 0 saturated carbocycles. The van der Waals surface area contributed by atoms with E-state index in [1.807, 2.05) is 37.3 Å². The van der Waals surface area contributed by atoms with Gasteiger partial charge in [-0.1, -0.05) is 53.2 Å². The summed E-state index contributed by atoms with van der Waals surface area (Å²) in [6.07, 6.45) is 0. The lowest BCUT2D eigenvalue weighted by atomic mass is 10.2. The van der Waals surface area contributed by atoms with Gasteiger partial charge in [-0.2, -0.15) is 9.29 Å². The maximum atomic E-state index is 12.6. The zero-order chi connectivity index (χ0) is 17.2. The maximum Gasteiger partial charge on any atom is 0.243 e. The first-order valence-electron chi connectivity index (χ1n) is 7.38. The molecule has 0 aliphatic rings. The van der Waals surface area contributed by atoms with Crippen molar-refractivity contribution in [1.82, 2.24) is 14.4 Å². The minimum atomic E-state index is -3.60. The van der Waals surface area contributed by atoms with Crippen LogP contribution in [0.2, 0.25) is 0 Å². The summed E-state index contributed by atoms with van der Waals surface area (Å²) < 4.78 is 31.5. The topological polar surface area (TPSA) is 76.3 Å². The summed E-state index contributed by atoms with van der Waals surface area (Å²) in [6, 6.07) is 16.1. The van der Waals surface area contributed by atoms with Crippen molar-refractivity contribution < 1.29 is 12.9 Å². The Morgan fingerprint density at radius 1 is 1.04 bits per heavy atom. The van der Waals surface area contributed by atoms with E-state index in [0.29, 0.717) is 5.82 Å². The minimum Gasteiger partial charge on any atom is -0.338 e. The molecule has 1 aromatic heterocycles. The van der Waals surface area contributed by atoms with Crippen LogP contribution < -0.4 is 0 Å². The Labute approximate surface area is 140 Å². The smallest absolute Gasteiger partial charge is 0.243 e. The molecule has 0 amide bonds. The fourth-order valence-corrected chi connectivity index (χ4v) is 3.31. The second kappa shape index (κ2) is 6.54. The molecule has 0 radical (unpaired) electrons. The molecule has 0 atom stereocenters. The lowest BCUT2D eigenvalue weighted by molar-refractivity contribution is 0.337. The summed E-state index contributed by atoms with van der Waals surface area (Å²) in [6.45, 7) is 1.92. The van der Waals surface area contributed by atoms with Crippen molar-refractivity contribution >= 4 is 10.0 Å². The molecule has 0 aliphatic carbocycles. The largest absolute Gasteiger partial charge is 0.338 e. The third-order valence-corrected chi connectivity index (χ3v) is 5.40. The van der Waals surface area contributed by atoms with Crippen molar-refractivity contribution in [2.45, 2.75) is 18.4 Å². The van der Waals surface area contributed by atoms with Crippen LogP contribution in [0.3, 0.4) is 0 Å². The quantitative estimate of drug-likeness (QED) is 0.712. The van der Waals surface area contributed by atoms with Gasteiger partial charge >= 0.3 is 0 Å². The number of hydrogen-bond acceptors (Lipinski definition) is 5. The highest BCUT2D eigenvalue weighted by Crippen LogP contribution is 2.19. The minimum absolute atomic E-state index is 0.00996. The van der Waals surface area contributed by atoms with E-state index >= 15 is 0 Å². The van der Waals surface area contributed by atoms with Gasteiger partial charge in [-0.05, 0) is 19.1 Å². The van der Waals surface area contributed by atoms with Crippen LogP contribution in [-0.4, -0.2) is 29.9 Å². The van der Waals surface area contributed by atoms with Gasteiger partial charge in [-0.15, -0.1) is 0 Å². The van der Waals surface area contributed by atoms with Crippen LogP contribution >= 0.6 is 0 Å². The monoisotopic (exact) mass is 343 g/mol. The molecule has 0 N–H and O–H groups in total. The van der Waals surface area contributed by atoms with Gasteiger partial charge in [-0.25, -0.2) is 8.42 Å². The van der Waals surface area contributed by atoms with E-state index < -0.39 is 10.0 Å². The molecular formula is C17H17N3O3S. The van der Waals surface area contributed by atoms with Gasteiger partial charge in [0.15, 0.2) is 0 Å². The normalized spacial score (nSPS) is 11.8. The lowest BCUT2D eigenvalue weighted by Crippen LogP contribution is -2.26. The number of aryl methyl sites for hydroxylation is 1. The fraction of sp³-hybridized carbons (Fsp3) is 0.176. The summed E-state index contributed by atoms with van der Waals surface area (Å²) in [4.78, 5) is 4.49. The van der Waals surface area contributed by atoms with Crippen LogP contribution in [0.4, 0.5) is 0 Å². The summed E-state index contributed by atoms with van der Waals surface area (Å²) in [5.74, 6) is 0.679. The van der Waals surface area contributed by atoms with Crippen LogP contribution in [-0.2, 0) is 16.6 Å². The number of nitrogens with zero attached hydrogens (tertiary/aromatic N) is 3.